The van der Waals surface area contributed by atoms with Crippen molar-refractivity contribution in [2.24, 2.45) is 0 Å². The van der Waals surface area contributed by atoms with E-state index < -0.39 is 46.3 Å². The lowest BCUT2D eigenvalue weighted by Gasteiger charge is -2.27. The summed E-state index contributed by atoms with van der Waals surface area (Å²) in [5.41, 5.74) is -0.590. The molecule has 1 saturated heterocycles. The van der Waals surface area contributed by atoms with Crippen molar-refractivity contribution in [3.8, 4) is 17.3 Å². The monoisotopic (exact) mass is 610 g/mol. The van der Waals surface area contributed by atoms with E-state index in [1.807, 2.05) is 0 Å². The second-order valence-corrected chi connectivity index (χ2v) is 10.4. The predicted molar refractivity (Wildman–Crippen MR) is 147 cm³/mol. The van der Waals surface area contributed by atoms with Gasteiger partial charge in [-0.15, -0.1) is 0 Å². The number of fused-ring (bicyclic) bond motifs is 1. The van der Waals surface area contributed by atoms with E-state index in [1.165, 1.54) is 22.8 Å². The molecule has 8 nitrogen and oxygen atoms in total. The van der Waals surface area contributed by atoms with E-state index in [0.717, 1.165) is 24.4 Å². The van der Waals surface area contributed by atoms with Gasteiger partial charge < -0.3 is 19.1 Å². The zero-order valence-electron chi connectivity index (χ0n) is 23.1. The molecule has 1 fully saturated rings. The van der Waals surface area contributed by atoms with E-state index in [0.29, 0.717) is 18.6 Å². The van der Waals surface area contributed by atoms with Crippen LogP contribution in [-0.2, 0) is 24.3 Å². The molecule has 1 aliphatic heterocycles. The number of aryl methyl sites for hydroxylation is 1. The maximum Gasteiger partial charge on any atom is 0.335 e. The van der Waals surface area contributed by atoms with Crippen LogP contribution in [-0.4, -0.2) is 43.3 Å². The number of rotatable bonds is 9. The van der Waals surface area contributed by atoms with E-state index in [1.54, 1.807) is 13.0 Å². The molecule has 1 N–H and O–H groups in total. The first kappa shape index (κ1) is 29.2. The Labute approximate surface area is 246 Å². The van der Waals surface area contributed by atoms with Gasteiger partial charge in [0.05, 0.1) is 29.9 Å². The molecule has 6 rings (SSSR count). The lowest BCUT2D eigenvalue weighted by molar-refractivity contribution is -0.0589. The summed E-state index contributed by atoms with van der Waals surface area (Å²) in [6.07, 6.45) is 0.897. The van der Waals surface area contributed by atoms with Crippen molar-refractivity contribution in [3.63, 3.8) is 0 Å². The van der Waals surface area contributed by atoms with E-state index in [2.05, 4.69) is 15.0 Å². The van der Waals surface area contributed by atoms with Gasteiger partial charge in [0.15, 0.2) is 11.6 Å². The highest BCUT2D eigenvalue weighted by Crippen LogP contribution is 2.30. The van der Waals surface area contributed by atoms with Crippen LogP contribution in [0.4, 0.5) is 22.0 Å². The average Bonchev–Trinajstić information content (AvgIpc) is 3.30. The summed E-state index contributed by atoms with van der Waals surface area (Å²) in [6.45, 7) is 2.16. The van der Waals surface area contributed by atoms with Gasteiger partial charge in [0, 0.05) is 24.2 Å². The van der Waals surface area contributed by atoms with Crippen LogP contribution in [0.5, 0.6) is 6.01 Å². The fourth-order valence-corrected chi connectivity index (χ4v) is 4.92. The Morgan fingerprint density at radius 1 is 0.977 bits per heavy atom. The normalized spacial score (nSPS) is 14.5. The Kier molecular flexibility index (Phi) is 7.72. The maximum absolute atomic E-state index is 15.4. The smallest absolute Gasteiger partial charge is 0.335 e. The summed E-state index contributed by atoms with van der Waals surface area (Å²) in [6, 6.07) is 7.86. The SMILES string of the molecule is Cc1ccc(COc2ncc(F)c(-c3cc(F)c(Cc4nc5c(F)cc(C(=O)O)cc5n4C[C@@H]4CCO4)cc3F)n2)c(F)c1. The Balaban J connectivity index is 1.31. The number of halogens is 5. The van der Waals surface area contributed by atoms with Gasteiger partial charge in [-0.25, -0.2) is 36.7 Å². The molecule has 44 heavy (non-hydrogen) atoms. The number of hydrogen-bond donors (Lipinski definition) is 1. The zero-order chi connectivity index (χ0) is 31.1. The van der Waals surface area contributed by atoms with Gasteiger partial charge in [-0.05, 0) is 54.8 Å². The minimum absolute atomic E-state index is 0.122. The second-order valence-electron chi connectivity index (χ2n) is 10.4. The van der Waals surface area contributed by atoms with Gasteiger partial charge in [0.2, 0.25) is 0 Å². The molecule has 0 bridgehead atoms. The van der Waals surface area contributed by atoms with Crippen molar-refractivity contribution in [1.82, 2.24) is 19.5 Å². The molecular weight excluding hydrogens is 587 g/mol. The highest BCUT2D eigenvalue weighted by molar-refractivity contribution is 5.92. The molecule has 0 spiro atoms. The molecule has 3 aromatic carbocycles. The second kappa shape index (κ2) is 11.6. The highest BCUT2D eigenvalue weighted by Gasteiger charge is 2.25. The Bertz CT molecular complexity index is 1930. The average molecular weight is 611 g/mol. The number of carboxylic acid groups (broad SMARTS) is 1. The third-order valence-corrected chi connectivity index (χ3v) is 7.34. The van der Waals surface area contributed by atoms with Gasteiger partial charge in [-0.2, -0.15) is 4.98 Å². The van der Waals surface area contributed by atoms with Gasteiger partial charge in [-0.3, -0.25) is 0 Å². The van der Waals surface area contributed by atoms with Crippen LogP contribution >= 0.6 is 0 Å². The van der Waals surface area contributed by atoms with Gasteiger partial charge in [0.25, 0.3) is 0 Å². The van der Waals surface area contributed by atoms with Gasteiger partial charge in [0.1, 0.15) is 41.1 Å². The van der Waals surface area contributed by atoms with E-state index in [4.69, 9.17) is 9.47 Å². The standard InChI is InChI=1S/C31H23F5N4O4/c1-15-2-3-16(21(32)6-15)14-44-31-37-12-25(36)28(39-31)20-11-22(33)17(7-23(20)34)10-27-38-29-24(35)8-18(30(41)42)9-26(29)40(27)13-19-4-5-43-19/h2-3,6-9,11-12,19H,4-5,10,13-14H2,1H3,(H,41,42)/t19-/m0/s1. The van der Waals surface area contributed by atoms with Crippen LogP contribution in [0, 0.1) is 36.0 Å². The Hall–Kier alpha value is -4.91. The number of aromatic nitrogens is 4. The first-order valence-electron chi connectivity index (χ1n) is 13.5. The number of carboxylic acids is 1. The topological polar surface area (TPSA) is 99.4 Å². The van der Waals surface area contributed by atoms with Crippen LogP contribution in [0.3, 0.4) is 0 Å². The van der Waals surface area contributed by atoms with Crippen molar-refractivity contribution in [3.05, 3.63) is 106 Å². The lowest BCUT2D eigenvalue weighted by atomic mass is 10.0. The van der Waals surface area contributed by atoms with Crippen molar-refractivity contribution in [2.75, 3.05) is 6.61 Å². The number of carbonyl (C=O) groups is 1. The largest absolute Gasteiger partial charge is 0.478 e. The van der Waals surface area contributed by atoms with Crippen LogP contribution in [0.15, 0.2) is 48.7 Å². The number of imidazole rings is 1. The third kappa shape index (κ3) is 5.70. The highest BCUT2D eigenvalue weighted by atomic mass is 19.1. The molecule has 3 heterocycles. The molecule has 226 valence electrons. The molecular formula is C31H23F5N4O4. The molecule has 0 aliphatic carbocycles. The first-order chi connectivity index (χ1) is 21.1. The fourth-order valence-electron chi connectivity index (χ4n) is 4.92. The molecule has 2 aromatic heterocycles. The Morgan fingerprint density at radius 3 is 2.45 bits per heavy atom. The zero-order valence-corrected chi connectivity index (χ0v) is 23.1. The summed E-state index contributed by atoms with van der Waals surface area (Å²) < 4.78 is 86.9. The van der Waals surface area contributed by atoms with Crippen molar-refractivity contribution in [1.29, 1.82) is 0 Å². The van der Waals surface area contributed by atoms with Crippen molar-refractivity contribution < 1.29 is 41.3 Å². The molecule has 13 heteroatoms. The van der Waals surface area contributed by atoms with Gasteiger partial charge >= 0.3 is 12.0 Å². The Morgan fingerprint density at radius 2 is 1.75 bits per heavy atom. The molecule has 0 saturated carbocycles. The summed E-state index contributed by atoms with van der Waals surface area (Å²) >= 11 is 0. The molecule has 0 amide bonds. The maximum atomic E-state index is 15.4. The number of benzene rings is 3. The fraction of sp³-hybridized carbons (Fsp3) is 0.226. The molecule has 5 aromatic rings. The van der Waals surface area contributed by atoms with Crippen LogP contribution in [0.25, 0.3) is 22.3 Å². The summed E-state index contributed by atoms with van der Waals surface area (Å²) in [7, 11) is 0. The number of nitrogens with zero attached hydrogens (tertiary/aromatic N) is 4. The van der Waals surface area contributed by atoms with E-state index >= 15 is 8.78 Å². The van der Waals surface area contributed by atoms with Crippen LogP contribution < -0.4 is 4.74 Å². The quantitative estimate of drug-likeness (QED) is 0.200. The third-order valence-electron chi connectivity index (χ3n) is 7.34. The first-order valence-corrected chi connectivity index (χ1v) is 13.5. The predicted octanol–water partition coefficient (Wildman–Crippen LogP) is 6.15. The molecule has 1 aliphatic rings. The minimum Gasteiger partial charge on any atom is -0.478 e. The summed E-state index contributed by atoms with van der Waals surface area (Å²) in [5.74, 6) is -5.56. The number of ether oxygens (including phenoxy) is 2. The summed E-state index contributed by atoms with van der Waals surface area (Å²) in [4.78, 5) is 23.4. The van der Waals surface area contributed by atoms with Crippen LogP contribution in [0.1, 0.15) is 39.3 Å². The van der Waals surface area contributed by atoms with Crippen LogP contribution in [0.2, 0.25) is 0 Å². The number of hydrogen-bond acceptors (Lipinski definition) is 6. The van der Waals surface area contributed by atoms with Crippen molar-refractivity contribution >= 4 is 17.0 Å². The number of aromatic carboxylic acids is 1. The lowest BCUT2D eigenvalue weighted by Crippen LogP contribution is -2.31. The minimum atomic E-state index is -1.34. The molecule has 0 radical (unpaired) electrons. The summed E-state index contributed by atoms with van der Waals surface area (Å²) in [5, 5.41) is 9.40. The van der Waals surface area contributed by atoms with E-state index in [-0.39, 0.29) is 65.2 Å². The van der Waals surface area contributed by atoms with Gasteiger partial charge in [-0.1, -0.05) is 12.1 Å². The van der Waals surface area contributed by atoms with Crippen molar-refractivity contribution in [2.45, 2.75) is 39.0 Å². The molecule has 0 unspecified atom stereocenters. The molecule has 1 atom stereocenters. The van der Waals surface area contributed by atoms with E-state index in [9.17, 15) is 23.1 Å².